The van der Waals surface area contributed by atoms with Crippen LogP contribution in [0, 0.1) is 23.4 Å². The fourth-order valence-corrected chi connectivity index (χ4v) is 19.4. The number of nitrogens with zero attached hydrogens (tertiary/aromatic N) is 3. The molecule has 1 unspecified atom stereocenters. The molecule has 10 rings (SSSR count). The van der Waals surface area contributed by atoms with E-state index >= 15 is 0 Å². The van der Waals surface area contributed by atoms with E-state index in [-0.39, 0.29) is 45.6 Å². The number of sulfone groups is 2. The van der Waals surface area contributed by atoms with Gasteiger partial charge in [0, 0.05) is 52.0 Å². The van der Waals surface area contributed by atoms with E-state index in [0.29, 0.717) is 40.8 Å². The summed E-state index contributed by atoms with van der Waals surface area (Å²) in [5, 5.41) is 2.80. The number of halogens is 6. The fourth-order valence-electron chi connectivity index (χ4n) is 8.67. The first kappa shape index (κ1) is 88.1. The monoisotopic (exact) mass is 1740 g/mol. The molecule has 538 valence electrons. The van der Waals surface area contributed by atoms with Crippen LogP contribution in [0.5, 0.6) is 0 Å². The fraction of sp³-hybridized carbons (Fsp3) is 0.297. The first-order chi connectivity index (χ1) is 47.4. The van der Waals surface area contributed by atoms with E-state index in [4.69, 9.17) is 10.5 Å². The number of aryl methyl sites for hydroxylation is 2. The molecule has 10 aromatic rings. The molecule has 0 radical (unpaired) electrons. The van der Waals surface area contributed by atoms with E-state index in [1.807, 2.05) is 50.7 Å². The van der Waals surface area contributed by atoms with Crippen LogP contribution >= 0.6 is 141 Å². The van der Waals surface area contributed by atoms with E-state index in [2.05, 4.69) is 151 Å². The van der Waals surface area contributed by atoms with Gasteiger partial charge in [-0.15, -0.1) is 81.1 Å². The number of nitrogens with two attached hydrogens (primary N) is 1. The van der Waals surface area contributed by atoms with Crippen LogP contribution in [-0.4, -0.2) is 75.1 Å². The summed E-state index contributed by atoms with van der Waals surface area (Å²) in [6.07, 6.45) is 19.1. The van der Waals surface area contributed by atoms with Gasteiger partial charge < -0.3 is 10.5 Å². The van der Waals surface area contributed by atoms with E-state index < -0.39 is 25.5 Å². The molecule has 0 saturated heterocycles. The molecule has 10 nitrogen and oxygen atoms in total. The number of esters is 1. The second-order valence-electron chi connectivity index (χ2n) is 21.0. The van der Waals surface area contributed by atoms with Gasteiger partial charge in [0.25, 0.3) is 0 Å². The molecule has 2 N–H and O–H groups in total. The number of benzene rings is 7. The number of unbranched alkanes of at least 4 members (excludes halogenated alkanes) is 1. The van der Waals surface area contributed by atoms with Gasteiger partial charge in [0.15, 0.2) is 9.84 Å². The summed E-state index contributed by atoms with van der Waals surface area (Å²) in [5.41, 5.74) is 10.5. The van der Waals surface area contributed by atoms with E-state index in [9.17, 15) is 34.8 Å². The van der Waals surface area contributed by atoms with Gasteiger partial charge in [-0.05, 0) is 202 Å². The van der Waals surface area contributed by atoms with Gasteiger partial charge in [-0.25, -0.2) is 45.0 Å². The normalized spacial score (nSPS) is 11.1. The van der Waals surface area contributed by atoms with Gasteiger partial charge in [-0.2, -0.15) is 0 Å². The standard InChI is InChI=1S/C24H31FO2S2.C18H16FNS3.C17H15FN2O4S3.C7H6Br2S.C5H6BrNS.C2H6.CH4/c1-4-6-7-18(5-2)17-27-24(26)12-13-29-23-15-20(14-22(16-23)28-3)19-8-10-21(25)11-9-19;1-3-17-20-11-18(23-17)22-16-9-13(8-15(10-16)21-2)12-4-6-14(19)7-5-12;1-26(21,22)14-6-12(11-2-4-13(18)5-3-11)7-15(8-14)27(23,24)17-10-20-16(9-19)25-17;1-10-7-3-5(8)2-6(9)4-7;1-2-5-7-3-4(6)8-5;1-2;/h8-11,14-16,18H,4-7,12-13,17H2,1-3H3;4-11H,3H2,1-2H3;2-8,10H,9,19H2,1H3;2-4H,1H3;3H,2H2,1H3;1-2H3;1H4. The molecule has 3 aromatic heterocycles. The van der Waals surface area contributed by atoms with Crippen molar-refractivity contribution in [3.63, 3.8) is 0 Å². The summed E-state index contributed by atoms with van der Waals surface area (Å²) < 4.78 is 99.6. The molecule has 3 heterocycles. The lowest BCUT2D eigenvalue weighted by atomic mass is 10.0. The Morgan fingerprint density at radius 1 is 0.560 bits per heavy atom. The summed E-state index contributed by atoms with van der Waals surface area (Å²) in [5.74, 6) is 0.148. The third-order valence-electron chi connectivity index (χ3n) is 13.9. The molecule has 0 aliphatic carbocycles. The van der Waals surface area contributed by atoms with Crippen LogP contribution in [-0.2, 0) is 48.6 Å². The lowest BCUT2D eigenvalue weighted by molar-refractivity contribution is -0.144. The van der Waals surface area contributed by atoms with Crippen molar-refractivity contribution in [3.8, 4) is 33.4 Å². The Bertz CT molecular complexity index is 4340. The molecule has 0 aliphatic heterocycles. The molecule has 0 spiro atoms. The quantitative estimate of drug-likeness (QED) is 0.0449. The van der Waals surface area contributed by atoms with E-state index in [0.717, 1.165) is 99.1 Å². The number of aromatic nitrogens is 3. The lowest BCUT2D eigenvalue weighted by Gasteiger charge is -2.14. The van der Waals surface area contributed by atoms with Crippen LogP contribution < -0.4 is 5.73 Å². The number of ether oxygens (including phenoxy) is 1. The second kappa shape index (κ2) is 45.9. The summed E-state index contributed by atoms with van der Waals surface area (Å²) in [7, 11) is -7.66. The Labute approximate surface area is 649 Å². The number of hydrogen-bond donors (Lipinski definition) is 1. The molecule has 0 amide bonds. The molecule has 0 fully saturated rings. The van der Waals surface area contributed by atoms with Crippen molar-refractivity contribution in [3.05, 3.63) is 209 Å². The first-order valence-electron chi connectivity index (χ1n) is 31.3. The van der Waals surface area contributed by atoms with E-state index in [1.54, 1.807) is 93.6 Å². The molecule has 0 bridgehead atoms. The van der Waals surface area contributed by atoms with Gasteiger partial charge in [0.1, 0.15) is 26.7 Å². The molecule has 0 saturated carbocycles. The third kappa shape index (κ3) is 30.1. The minimum atomic E-state index is -3.99. The van der Waals surface area contributed by atoms with Gasteiger partial charge in [0.2, 0.25) is 9.84 Å². The maximum Gasteiger partial charge on any atom is 0.306 e. The average molecular weight is 1740 g/mol. The van der Waals surface area contributed by atoms with Crippen molar-refractivity contribution < 1.29 is 39.5 Å². The predicted octanol–water partition coefficient (Wildman–Crippen LogP) is 24.5. The number of thioether (sulfide) groups is 4. The van der Waals surface area contributed by atoms with Crippen molar-refractivity contribution in [1.82, 2.24) is 15.0 Å². The molecule has 1 atom stereocenters. The van der Waals surface area contributed by atoms with Crippen LogP contribution in [0.15, 0.2) is 220 Å². The van der Waals surface area contributed by atoms with Crippen molar-refractivity contribution in [2.24, 2.45) is 11.7 Å². The zero-order valence-corrected chi connectivity index (χ0v) is 69.4. The zero-order valence-electron chi connectivity index (χ0n) is 56.5. The SMILES string of the molecule is C.CC.CCCCC(CC)COC(=O)CCSc1cc(SC)cc(-c2ccc(F)cc2)c1.CCc1ncc(Br)s1.CCc1ncc(Sc2cc(SC)cc(-c3ccc(F)cc3)c2)s1.CS(=O)(=O)c1cc(-c2ccc(F)cc2)cc(S(=O)(=O)c2cnc(CN)s2)c1.CSc1cc(Br)cc(Br)c1. The summed E-state index contributed by atoms with van der Waals surface area (Å²) in [4.78, 5) is 30.1. The maximum atomic E-state index is 13.2. The van der Waals surface area contributed by atoms with Crippen molar-refractivity contribution in [2.75, 3.05) is 37.4 Å². The highest BCUT2D eigenvalue weighted by molar-refractivity contribution is 9.11. The number of rotatable bonds is 24. The molecule has 0 aliphatic rings. The highest BCUT2D eigenvalue weighted by atomic mass is 79.9. The minimum absolute atomic E-state index is 0. The Hall–Kier alpha value is -4.26. The summed E-state index contributed by atoms with van der Waals surface area (Å²) >= 11 is 23.0. The van der Waals surface area contributed by atoms with Gasteiger partial charge in [0.05, 0.1) is 59.4 Å². The summed E-state index contributed by atoms with van der Waals surface area (Å²) in [6.45, 7) is 13.2. The lowest BCUT2D eigenvalue weighted by Crippen LogP contribution is -2.14. The van der Waals surface area contributed by atoms with Crippen LogP contribution in [0.4, 0.5) is 13.2 Å². The van der Waals surface area contributed by atoms with Crippen LogP contribution in [0.3, 0.4) is 0 Å². The summed E-state index contributed by atoms with van der Waals surface area (Å²) in [6, 6.07) is 41.4. The predicted molar refractivity (Wildman–Crippen MR) is 434 cm³/mol. The molecular formula is C74H84Br3F3N4O6S10. The zero-order chi connectivity index (χ0) is 72.7. The number of thiazole rings is 3. The largest absolute Gasteiger partial charge is 0.465 e. The Kier molecular flexibility index (Phi) is 40.4. The first-order valence-corrected chi connectivity index (χ1v) is 45.0. The van der Waals surface area contributed by atoms with Crippen molar-refractivity contribution in [2.45, 2.75) is 143 Å². The minimum Gasteiger partial charge on any atom is -0.465 e. The number of carbonyl (C=O) groups is 1. The van der Waals surface area contributed by atoms with Crippen molar-refractivity contribution in [1.29, 1.82) is 0 Å². The highest BCUT2D eigenvalue weighted by Gasteiger charge is 2.25. The van der Waals surface area contributed by atoms with Crippen molar-refractivity contribution >= 4 is 166 Å². The topological polar surface area (TPSA) is 159 Å². The molecular weight excluding hydrogens is 1660 g/mol. The molecule has 100 heavy (non-hydrogen) atoms. The smallest absolute Gasteiger partial charge is 0.306 e. The Morgan fingerprint density at radius 2 is 1.02 bits per heavy atom. The molecule has 26 heteroatoms. The van der Waals surface area contributed by atoms with Crippen LogP contribution in [0.25, 0.3) is 33.4 Å². The number of carbonyl (C=O) groups excluding carboxylic acids is 1. The van der Waals surface area contributed by atoms with Crippen LogP contribution in [0.2, 0.25) is 0 Å². The third-order valence-corrected chi connectivity index (χ3v) is 26.1. The van der Waals surface area contributed by atoms with Crippen LogP contribution in [0.1, 0.15) is 96.1 Å². The average Bonchev–Trinajstić information content (AvgIpc) is 1.28. The molecule has 7 aromatic carbocycles. The second-order valence-corrected chi connectivity index (χ2v) is 36.9. The Morgan fingerprint density at radius 3 is 1.46 bits per heavy atom. The Balaban J connectivity index is 0.000000279. The number of hydrogen-bond acceptors (Lipinski definition) is 18. The van der Waals surface area contributed by atoms with Gasteiger partial charge in [-0.3, -0.25) is 4.79 Å². The maximum absolute atomic E-state index is 13.2. The highest BCUT2D eigenvalue weighted by Crippen LogP contribution is 2.39. The van der Waals surface area contributed by atoms with Gasteiger partial charge in [-0.1, -0.05) is 148 Å². The van der Waals surface area contributed by atoms with Gasteiger partial charge >= 0.3 is 5.97 Å². The van der Waals surface area contributed by atoms with E-state index in [1.165, 1.54) is 104 Å².